The lowest BCUT2D eigenvalue weighted by Crippen LogP contribution is -2.11. The van der Waals surface area contributed by atoms with Crippen molar-refractivity contribution in [3.63, 3.8) is 0 Å². The van der Waals surface area contributed by atoms with Gasteiger partial charge >= 0.3 is 0 Å². The Balaban J connectivity index is 0. The van der Waals surface area contributed by atoms with Crippen LogP contribution in [0.25, 0.3) is 0 Å². The minimum absolute atomic E-state index is 0.0306. The summed E-state index contributed by atoms with van der Waals surface area (Å²) in [5, 5.41) is 0. The second kappa shape index (κ2) is 29.5. The molecule has 0 spiro atoms. The lowest BCUT2D eigenvalue weighted by molar-refractivity contribution is 0.0961. The Labute approximate surface area is 187 Å². The van der Waals surface area contributed by atoms with Crippen molar-refractivity contribution in [1.82, 2.24) is 0 Å². The van der Waals surface area contributed by atoms with Crippen LogP contribution in [0.1, 0.15) is 110 Å². The van der Waals surface area contributed by atoms with Gasteiger partial charge in [-0.25, -0.2) is 0 Å². The van der Waals surface area contributed by atoms with Crippen molar-refractivity contribution in [2.24, 2.45) is 0 Å². The summed E-state index contributed by atoms with van der Waals surface area (Å²) in [6.45, 7) is 13.3. The minimum Gasteiger partial charge on any atom is -0.474 e. The first-order valence-electron chi connectivity index (χ1n) is 11.9. The predicted octanol–water partition coefficient (Wildman–Crippen LogP) is 9.35. The maximum absolute atomic E-state index is 5.75. The summed E-state index contributed by atoms with van der Waals surface area (Å²) < 4.78 is 9.97. The molecule has 0 aliphatic rings. The fraction of sp³-hybridized carbons (Fsp3) is 0.769. The third kappa shape index (κ3) is 29.6. The second-order valence-electron chi connectivity index (χ2n) is 7.57. The molecule has 1 atom stereocenters. The third-order valence-electron chi connectivity index (χ3n) is 4.94. The Morgan fingerprint density at radius 1 is 0.655 bits per heavy atom. The van der Waals surface area contributed by atoms with Crippen molar-refractivity contribution in [2.75, 3.05) is 12.5 Å². The van der Waals surface area contributed by atoms with Gasteiger partial charge in [0, 0.05) is 6.61 Å². The van der Waals surface area contributed by atoms with Crippen molar-refractivity contribution in [3.8, 4) is 0 Å². The highest BCUT2D eigenvalue weighted by Crippen LogP contribution is 2.13. The fourth-order valence-corrected chi connectivity index (χ4v) is 3.34. The molecule has 0 N–H and O–H groups in total. The van der Waals surface area contributed by atoms with Crippen LogP contribution in [-0.4, -0.2) is 18.6 Å². The molecule has 0 fully saturated rings. The van der Waals surface area contributed by atoms with Gasteiger partial charge in [-0.1, -0.05) is 122 Å². The smallest absolute Gasteiger partial charge is 0.0888 e. The second-order valence-corrected chi connectivity index (χ2v) is 7.88. The van der Waals surface area contributed by atoms with E-state index in [0.717, 1.165) is 13.0 Å². The minimum atomic E-state index is 0.0306. The standard InChI is InChI=1S/C22H43ClO.C4H6O/c1-3-5-6-7-8-9-10-11-12-13-14-15-16-17-18-19-20-24-22(4-2)21-23;1-3-5-4-2/h4,22H,2-3,5-21H2,1H3;3-4H,1-2H2. The van der Waals surface area contributed by atoms with E-state index in [4.69, 9.17) is 16.3 Å². The SMILES string of the molecule is C=CC(CCl)OCCCCCCCCCCCCCCCCCC.C=COC=C. The molecule has 29 heavy (non-hydrogen) atoms. The molecule has 0 aromatic heterocycles. The Bertz CT molecular complexity index is 325. The maximum Gasteiger partial charge on any atom is 0.0888 e. The van der Waals surface area contributed by atoms with E-state index in [-0.39, 0.29) is 6.10 Å². The lowest BCUT2D eigenvalue weighted by atomic mass is 10.0. The van der Waals surface area contributed by atoms with Crippen molar-refractivity contribution < 1.29 is 9.47 Å². The van der Waals surface area contributed by atoms with Gasteiger partial charge in [-0.2, -0.15) is 0 Å². The van der Waals surface area contributed by atoms with E-state index in [0.29, 0.717) is 5.88 Å². The van der Waals surface area contributed by atoms with E-state index in [2.05, 4.69) is 31.4 Å². The molecule has 3 heteroatoms. The Morgan fingerprint density at radius 2 is 1.03 bits per heavy atom. The van der Waals surface area contributed by atoms with Crippen molar-refractivity contribution in [1.29, 1.82) is 0 Å². The van der Waals surface area contributed by atoms with Crippen molar-refractivity contribution in [3.05, 3.63) is 38.3 Å². The van der Waals surface area contributed by atoms with Gasteiger partial charge in [-0.05, 0) is 6.42 Å². The number of hydrogen-bond donors (Lipinski definition) is 0. The molecule has 0 aromatic carbocycles. The van der Waals surface area contributed by atoms with Crippen LogP contribution in [0.2, 0.25) is 0 Å². The zero-order valence-corrected chi connectivity index (χ0v) is 20.1. The Morgan fingerprint density at radius 3 is 1.31 bits per heavy atom. The third-order valence-corrected chi connectivity index (χ3v) is 5.24. The topological polar surface area (TPSA) is 18.5 Å². The molecule has 0 amide bonds. The molecule has 0 aromatic rings. The summed E-state index contributed by atoms with van der Waals surface area (Å²) in [5.74, 6) is 0.516. The largest absolute Gasteiger partial charge is 0.474 e. The molecule has 0 heterocycles. The number of halogens is 1. The molecule has 0 rings (SSSR count). The highest BCUT2D eigenvalue weighted by atomic mass is 35.5. The summed E-state index contributed by atoms with van der Waals surface area (Å²) in [6.07, 6.45) is 26.9. The Hall–Kier alpha value is -0.730. The van der Waals surface area contributed by atoms with Gasteiger partial charge < -0.3 is 9.47 Å². The number of rotatable bonds is 22. The molecule has 172 valence electrons. The molecule has 0 radical (unpaired) electrons. The van der Waals surface area contributed by atoms with E-state index in [1.807, 2.05) is 0 Å². The summed E-state index contributed by atoms with van der Waals surface area (Å²) in [7, 11) is 0. The van der Waals surface area contributed by atoms with Crippen LogP contribution >= 0.6 is 11.6 Å². The monoisotopic (exact) mass is 428 g/mol. The van der Waals surface area contributed by atoms with Crippen molar-refractivity contribution >= 4 is 11.6 Å². The highest BCUT2D eigenvalue weighted by molar-refractivity contribution is 6.18. The van der Waals surface area contributed by atoms with Gasteiger partial charge in [0.05, 0.1) is 24.5 Å². The molecule has 0 bridgehead atoms. The molecule has 0 saturated heterocycles. The molecule has 2 nitrogen and oxygen atoms in total. The van der Waals surface area contributed by atoms with Crippen LogP contribution in [0.5, 0.6) is 0 Å². The highest BCUT2D eigenvalue weighted by Gasteiger charge is 2.01. The first kappa shape index (κ1) is 30.5. The van der Waals surface area contributed by atoms with Crippen LogP contribution in [0.15, 0.2) is 38.3 Å². The van der Waals surface area contributed by atoms with Gasteiger partial charge in [0.15, 0.2) is 0 Å². The van der Waals surface area contributed by atoms with E-state index < -0.39 is 0 Å². The molecule has 1 unspecified atom stereocenters. The summed E-state index contributed by atoms with van der Waals surface area (Å²) in [6, 6.07) is 0. The normalized spacial score (nSPS) is 11.2. The van der Waals surface area contributed by atoms with Gasteiger partial charge in [0.25, 0.3) is 0 Å². The van der Waals surface area contributed by atoms with E-state index >= 15 is 0 Å². The predicted molar refractivity (Wildman–Crippen MR) is 132 cm³/mol. The average molecular weight is 429 g/mol. The average Bonchev–Trinajstić information content (AvgIpc) is 2.74. The molecular formula is C26H49ClO2. The van der Waals surface area contributed by atoms with Crippen LogP contribution in [0.4, 0.5) is 0 Å². The van der Waals surface area contributed by atoms with Gasteiger partial charge in [-0.15, -0.1) is 18.2 Å². The number of hydrogen-bond acceptors (Lipinski definition) is 2. The summed E-state index contributed by atoms with van der Waals surface area (Å²) in [4.78, 5) is 0. The number of unbranched alkanes of at least 4 members (excludes halogenated alkanes) is 15. The van der Waals surface area contributed by atoms with Gasteiger partial charge in [0.2, 0.25) is 0 Å². The van der Waals surface area contributed by atoms with Crippen LogP contribution in [0.3, 0.4) is 0 Å². The first-order valence-corrected chi connectivity index (χ1v) is 12.5. The number of ether oxygens (including phenoxy) is 2. The fourth-order valence-electron chi connectivity index (χ4n) is 3.13. The van der Waals surface area contributed by atoms with Crippen LogP contribution < -0.4 is 0 Å². The van der Waals surface area contributed by atoms with E-state index in [1.165, 1.54) is 109 Å². The molecule has 0 aliphatic heterocycles. The summed E-state index contributed by atoms with van der Waals surface area (Å²) in [5.41, 5.74) is 0. The van der Waals surface area contributed by atoms with E-state index in [9.17, 15) is 0 Å². The van der Waals surface area contributed by atoms with Gasteiger partial charge in [0.1, 0.15) is 0 Å². The van der Waals surface area contributed by atoms with E-state index in [1.54, 1.807) is 6.08 Å². The molecule has 0 aliphatic carbocycles. The van der Waals surface area contributed by atoms with Gasteiger partial charge in [-0.3, -0.25) is 0 Å². The van der Waals surface area contributed by atoms with Crippen molar-refractivity contribution in [2.45, 2.75) is 116 Å². The number of alkyl halides is 1. The maximum atomic E-state index is 5.75. The molecular weight excluding hydrogens is 380 g/mol. The lowest BCUT2D eigenvalue weighted by Gasteiger charge is -2.10. The quantitative estimate of drug-likeness (QED) is 0.0739. The Kier molecular flexibility index (Phi) is 31.0. The first-order chi connectivity index (χ1) is 14.3. The zero-order valence-electron chi connectivity index (χ0n) is 19.4. The molecule has 0 saturated carbocycles. The van der Waals surface area contributed by atoms with Crippen LogP contribution in [-0.2, 0) is 9.47 Å². The van der Waals surface area contributed by atoms with Crippen LogP contribution in [0, 0.1) is 0 Å². The summed E-state index contributed by atoms with van der Waals surface area (Å²) >= 11 is 5.75. The zero-order chi connectivity index (χ0) is 21.8.